The van der Waals surface area contributed by atoms with Gasteiger partial charge < -0.3 is 26.0 Å². The molecule has 10 heteroatoms. The number of nitrogens with one attached hydrogen (secondary N) is 2. The number of aliphatic imine (C=N–C) groups is 1. The van der Waals surface area contributed by atoms with Crippen LogP contribution in [0.25, 0.3) is 0 Å². The van der Waals surface area contributed by atoms with Gasteiger partial charge >= 0.3 is 0 Å². The molecular formula is C23H30Cl2FN5O2. The van der Waals surface area contributed by atoms with E-state index in [1.54, 1.807) is 30.0 Å². The van der Waals surface area contributed by atoms with Crippen LogP contribution in [0.5, 0.6) is 0 Å². The summed E-state index contributed by atoms with van der Waals surface area (Å²) in [5.41, 5.74) is 7.49. The lowest BCUT2D eigenvalue weighted by Crippen LogP contribution is -2.52. The quantitative estimate of drug-likeness (QED) is 0.230. The molecule has 2 aliphatic rings. The van der Waals surface area contributed by atoms with Gasteiger partial charge in [0.05, 0.1) is 23.0 Å². The van der Waals surface area contributed by atoms with Gasteiger partial charge in [-0.25, -0.2) is 9.38 Å². The molecule has 180 valence electrons. The molecule has 4 N–H and O–H groups in total. The first-order chi connectivity index (χ1) is 15.8. The number of benzene rings is 1. The monoisotopic (exact) mass is 497 g/mol. The first kappa shape index (κ1) is 25.5. The molecular weight excluding hydrogens is 468 g/mol. The van der Waals surface area contributed by atoms with Gasteiger partial charge in [0.25, 0.3) is 5.91 Å². The number of hydrogen-bond donors (Lipinski definition) is 3. The maximum absolute atomic E-state index is 14.0. The number of hydrogen-bond acceptors (Lipinski definition) is 5. The predicted molar refractivity (Wildman–Crippen MR) is 131 cm³/mol. The van der Waals surface area contributed by atoms with Crippen LogP contribution in [0.4, 0.5) is 10.1 Å². The minimum absolute atomic E-state index is 0.139. The van der Waals surface area contributed by atoms with Crippen molar-refractivity contribution < 1.29 is 13.9 Å². The van der Waals surface area contributed by atoms with Crippen LogP contribution in [-0.2, 0) is 9.53 Å². The second kappa shape index (κ2) is 11.8. The Morgan fingerprint density at radius 1 is 1.30 bits per heavy atom. The Hall–Kier alpha value is -2.13. The number of allylic oxidation sites excluding steroid dienone is 1. The molecule has 7 nitrogen and oxygen atoms in total. The number of nitrogens with zero attached hydrogens (tertiary/aromatic N) is 2. The van der Waals surface area contributed by atoms with Crippen LogP contribution in [0.15, 0.2) is 46.7 Å². The number of amides is 1. The molecule has 0 aromatic heterocycles. The van der Waals surface area contributed by atoms with Crippen LogP contribution in [0.1, 0.15) is 26.2 Å². The smallest absolute Gasteiger partial charge is 0.272 e. The van der Waals surface area contributed by atoms with E-state index < -0.39 is 6.17 Å². The van der Waals surface area contributed by atoms with Crippen molar-refractivity contribution in [3.63, 3.8) is 0 Å². The van der Waals surface area contributed by atoms with Gasteiger partial charge in [-0.15, -0.1) is 0 Å². The zero-order chi connectivity index (χ0) is 24.0. The van der Waals surface area contributed by atoms with E-state index in [2.05, 4.69) is 22.2 Å². The van der Waals surface area contributed by atoms with Gasteiger partial charge in [-0.1, -0.05) is 29.8 Å². The highest BCUT2D eigenvalue weighted by Crippen LogP contribution is 2.27. The van der Waals surface area contributed by atoms with Crippen molar-refractivity contribution in [1.82, 2.24) is 10.2 Å². The van der Waals surface area contributed by atoms with Gasteiger partial charge in [0.15, 0.2) is 0 Å². The van der Waals surface area contributed by atoms with Gasteiger partial charge in [0.1, 0.15) is 11.9 Å². The molecule has 0 saturated carbocycles. The molecule has 0 unspecified atom stereocenters. The Balaban J connectivity index is 1.63. The Morgan fingerprint density at radius 2 is 2.03 bits per heavy atom. The number of carbonyl (C=O) groups is 1. The molecule has 3 rings (SSSR count). The highest BCUT2D eigenvalue weighted by molar-refractivity contribution is 6.42. The van der Waals surface area contributed by atoms with E-state index in [0.717, 1.165) is 19.2 Å². The molecule has 1 aromatic carbocycles. The lowest BCUT2D eigenvalue weighted by Gasteiger charge is -2.36. The van der Waals surface area contributed by atoms with E-state index in [-0.39, 0.29) is 30.3 Å². The van der Waals surface area contributed by atoms with Crippen molar-refractivity contribution in [3.8, 4) is 0 Å². The molecule has 2 saturated heterocycles. The summed E-state index contributed by atoms with van der Waals surface area (Å²) in [6.45, 7) is 7.58. The van der Waals surface area contributed by atoms with E-state index in [0.29, 0.717) is 53.1 Å². The number of alkyl halides is 1. The van der Waals surface area contributed by atoms with Crippen molar-refractivity contribution in [2.24, 2.45) is 10.7 Å². The average Bonchev–Trinajstić information content (AvgIpc) is 2.81. The Morgan fingerprint density at radius 3 is 2.67 bits per heavy atom. The molecule has 0 aliphatic carbocycles. The van der Waals surface area contributed by atoms with E-state index in [1.807, 2.05) is 0 Å². The highest BCUT2D eigenvalue weighted by atomic mass is 35.5. The zero-order valence-electron chi connectivity index (χ0n) is 18.6. The summed E-state index contributed by atoms with van der Waals surface area (Å²) in [6, 6.07) is 5.08. The summed E-state index contributed by atoms with van der Waals surface area (Å²) in [7, 11) is 0. The summed E-state index contributed by atoms with van der Waals surface area (Å²) < 4.78 is 19.2. The van der Waals surface area contributed by atoms with Crippen LogP contribution in [-0.4, -0.2) is 61.7 Å². The number of piperidine rings is 1. The molecule has 2 atom stereocenters. The number of anilines is 1. The first-order valence-electron chi connectivity index (χ1n) is 10.9. The van der Waals surface area contributed by atoms with Crippen LogP contribution < -0.4 is 16.4 Å². The molecule has 0 radical (unpaired) electrons. The third-order valence-electron chi connectivity index (χ3n) is 5.95. The van der Waals surface area contributed by atoms with Crippen LogP contribution in [0, 0.1) is 0 Å². The van der Waals surface area contributed by atoms with Crippen molar-refractivity contribution in [2.75, 3.05) is 31.6 Å². The summed E-state index contributed by atoms with van der Waals surface area (Å²) in [5, 5.41) is 7.38. The SMILES string of the molecule is C=C(Nc1ccc(Cl)c(Cl)c1)/C(C)=C(\N=C/N)C(=O)N1CCC(N[C@H]2CCOC[C@H]2F)CC1. The summed E-state index contributed by atoms with van der Waals surface area (Å²) in [5.74, 6) is -0.223. The fraction of sp³-hybridized carbons (Fsp3) is 0.478. The normalized spacial score (nSPS) is 22.8. The third kappa shape index (κ3) is 6.69. The van der Waals surface area contributed by atoms with Gasteiger partial charge in [-0.05, 0) is 44.4 Å². The Kier molecular flexibility index (Phi) is 9.14. The van der Waals surface area contributed by atoms with Gasteiger partial charge in [-0.3, -0.25) is 4.79 Å². The molecule has 0 spiro atoms. The fourth-order valence-electron chi connectivity index (χ4n) is 3.96. The predicted octanol–water partition coefficient (Wildman–Crippen LogP) is 3.89. The number of carbonyl (C=O) groups excluding carboxylic acids is 1. The summed E-state index contributed by atoms with van der Waals surface area (Å²) in [4.78, 5) is 19.1. The van der Waals surface area contributed by atoms with E-state index in [4.69, 9.17) is 33.7 Å². The molecule has 1 aromatic rings. The summed E-state index contributed by atoms with van der Waals surface area (Å²) >= 11 is 12.0. The minimum Gasteiger partial charge on any atom is -0.390 e. The number of halogens is 3. The standard InChI is InChI=1S/C23H30Cl2FN5O2/c1-14(15(2)29-17-3-4-18(24)19(25)11-17)22(28-13-27)23(32)31-8-5-16(6-9-31)30-21-7-10-33-12-20(21)26/h3-4,11,13,16,20-21,29-30H,2,5-10,12H2,1H3,(H2,27,28)/b22-14-/t20-,21+/m1/s1. The average molecular weight is 498 g/mol. The van der Waals surface area contributed by atoms with E-state index in [1.165, 1.54) is 0 Å². The zero-order valence-corrected chi connectivity index (χ0v) is 20.1. The lowest BCUT2D eigenvalue weighted by atomic mass is 10.00. The maximum Gasteiger partial charge on any atom is 0.272 e. The third-order valence-corrected chi connectivity index (χ3v) is 6.69. The number of nitrogens with two attached hydrogens (primary N) is 1. The van der Waals surface area contributed by atoms with Crippen molar-refractivity contribution in [3.05, 3.63) is 51.8 Å². The van der Waals surface area contributed by atoms with Crippen LogP contribution in [0.3, 0.4) is 0 Å². The Labute approximate surface area is 203 Å². The fourth-order valence-corrected chi connectivity index (χ4v) is 4.26. The van der Waals surface area contributed by atoms with E-state index in [9.17, 15) is 9.18 Å². The van der Waals surface area contributed by atoms with Crippen LogP contribution >= 0.6 is 23.2 Å². The van der Waals surface area contributed by atoms with Gasteiger partial charge in [-0.2, -0.15) is 0 Å². The second-order valence-electron chi connectivity index (χ2n) is 8.20. The van der Waals surface area contributed by atoms with Crippen LogP contribution in [0.2, 0.25) is 10.0 Å². The lowest BCUT2D eigenvalue weighted by molar-refractivity contribution is -0.128. The largest absolute Gasteiger partial charge is 0.390 e. The van der Waals surface area contributed by atoms with Gasteiger partial charge in [0, 0.05) is 48.7 Å². The number of rotatable bonds is 7. The topological polar surface area (TPSA) is 92.0 Å². The Bertz CT molecular complexity index is 931. The van der Waals surface area contributed by atoms with Crippen molar-refractivity contribution in [1.29, 1.82) is 0 Å². The first-order valence-corrected chi connectivity index (χ1v) is 11.7. The van der Waals surface area contributed by atoms with Gasteiger partial charge in [0.2, 0.25) is 0 Å². The molecule has 0 bridgehead atoms. The molecule has 2 heterocycles. The minimum atomic E-state index is -0.997. The number of ether oxygens (including phenoxy) is 1. The van der Waals surface area contributed by atoms with E-state index >= 15 is 0 Å². The second-order valence-corrected chi connectivity index (χ2v) is 9.02. The molecule has 1 amide bonds. The number of likely N-dealkylation sites (tertiary alicyclic amines) is 1. The van der Waals surface area contributed by atoms with Crippen molar-refractivity contribution in [2.45, 2.75) is 44.4 Å². The molecule has 2 fully saturated rings. The van der Waals surface area contributed by atoms with Crippen molar-refractivity contribution >= 4 is 41.1 Å². The maximum atomic E-state index is 14.0. The highest BCUT2D eigenvalue weighted by Gasteiger charge is 2.31. The summed E-state index contributed by atoms with van der Waals surface area (Å²) in [6.07, 6.45) is 2.23. The molecule has 2 aliphatic heterocycles. The molecule has 33 heavy (non-hydrogen) atoms.